The summed E-state index contributed by atoms with van der Waals surface area (Å²) in [5.74, 6) is 3.19. The first-order valence-electron chi connectivity index (χ1n) is 9.70. The monoisotopic (exact) mass is 488 g/mol. The molecule has 0 bridgehead atoms. The van der Waals surface area contributed by atoms with Gasteiger partial charge < -0.3 is 25.0 Å². The van der Waals surface area contributed by atoms with Crippen molar-refractivity contribution in [2.45, 2.75) is 38.8 Å². The maximum atomic E-state index is 5.47. The fourth-order valence-corrected chi connectivity index (χ4v) is 3.53. The largest absolute Gasteiger partial charge is 0.497 e. The van der Waals surface area contributed by atoms with Gasteiger partial charge in [-0.2, -0.15) is 0 Å². The molecule has 2 fully saturated rings. The summed E-state index contributed by atoms with van der Waals surface area (Å²) >= 11 is 0. The smallest absolute Gasteiger partial charge is 0.191 e. The molecule has 1 atom stereocenters. The number of halogens is 1. The average molecular weight is 488 g/mol. The SMILES string of the molecule is CCNC(=NCc1ccc(OC)cc1OC)NCC1CCN(C2CC2)C1.I. The molecule has 3 rings (SSSR count). The molecule has 2 N–H and O–H groups in total. The van der Waals surface area contributed by atoms with Crippen LogP contribution in [0, 0.1) is 5.92 Å². The summed E-state index contributed by atoms with van der Waals surface area (Å²) in [4.78, 5) is 7.39. The molecule has 1 aliphatic carbocycles. The Morgan fingerprint density at radius 2 is 2.00 bits per heavy atom. The van der Waals surface area contributed by atoms with Crippen molar-refractivity contribution in [2.24, 2.45) is 10.9 Å². The molecule has 1 aromatic rings. The van der Waals surface area contributed by atoms with E-state index in [9.17, 15) is 0 Å². The van der Waals surface area contributed by atoms with E-state index >= 15 is 0 Å². The van der Waals surface area contributed by atoms with Crippen molar-refractivity contribution in [2.75, 3.05) is 40.4 Å². The molecular formula is C20H33IN4O2. The summed E-state index contributed by atoms with van der Waals surface area (Å²) in [6.45, 7) is 6.98. The molecule has 7 heteroatoms. The molecule has 0 amide bonds. The Balaban J connectivity index is 0.00000261. The van der Waals surface area contributed by atoms with Gasteiger partial charge in [0.05, 0.1) is 20.8 Å². The van der Waals surface area contributed by atoms with E-state index in [0.29, 0.717) is 6.54 Å². The van der Waals surface area contributed by atoms with Gasteiger partial charge in [-0.05, 0) is 50.8 Å². The molecule has 1 saturated heterocycles. The lowest BCUT2D eigenvalue weighted by molar-refractivity contribution is 0.314. The quantitative estimate of drug-likeness (QED) is 0.335. The maximum Gasteiger partial charge on any atom is 0.191 e. The van der Waals surface area contributed by atoms with Crippen LogP contribution in [0.25, 0.3) is 0 Å². The zero-order valence-corrected chi connectivity index (χ0v) is 19.0. The van der Waals surface area contributed by atoms with Crippen LogP contribution < -0.4 is 20.1 Å². The third-order valence-electron chi connectivity index (χ3n) is 5.18. The van der Waals surface area contributed by atoms with E-state index in [1.165, 1.54) is 32.4 Å². The average Bonchev–Trinajstić information content (AvgIpc) is 3.42. The van der Waals surface area contributed by atoms with E-state index in [1.54, 1.807) is 14.2 Å². The number of nitrogens with zero attached hydrogens (tertiary/aromatic N) is 2. The van der Waals surface area contributed by atoms with Crippen LogP contribution in [0.1, 0.15) is 31.7 Å². The Kier molecular flexibility index (Phi) is 8.95. The second kappa shape index (κ2) is 10.9. The number of likely N-dealkylation sites (tertiary alicyclic amines) is 1. The molecule has 1 saturated carbocycles. The third-order valence-corrected chi connectivity index (χ3v) is 5.18. The van der Waals surface area contributed by atoms with Crippen molar-refractivity contribution in [3.63, 3.8) is 0 Å². The van der Waals surface area contributed by atoms with Crippen molar-refractivity contribution in [1.82, 2.24) is 15.5 Å². The second-order valence-electron chi connectivity index (χ2n) is 7.13. The Morgan fingerprint density at radius 1 is 1.19 bits per heavy atom. The standard InChI is InChI=1S/C20H32N4O2.HI/c1-4-21-20(22-12-15-9-10-24(14-15)17-6-7-17)23-13-16-5-8-18(25-2)11-19(16)26-3;/h5,8,11,15,17H,4,6-7,9-10,12-14H2,1-3H3,(H2,21,22,23);1H. The van der Waals surface area contributed by atoms with Gasteiger partial charge >= 0.3 is 0 Å². The summed E-state index contributed by atoms with van der Waals surface area (Å²) in [5, 5.41) is 6.86. The molecule has 0 spiro atoms. The summed E-state index contributed by atoms with van der Waals surface area (Å²) in [6, 6.07) is 6.73. The van der Waals surface area contributed by atoms with Gasteiger partial charge in [-0.3, -0.25) is 0 Å². The zero-order valence-electron chi connectivity index (χ0n) is 16.7. The first-order chi connectivity index (χ1) is 12.7. The molecule has 0 aromatic heterocycles. The van der Waals surface area contributed by atoms with E-state index in [4.69, 9.17) is 14.5 Å². The molecule has 0 radical (unpaired) electrons. The van der Waals surface area contributed by atoms with Gasteiger partial charge in [0, 0.05) is 37.3 Å². The van der Waals surface area contributed by atoms with Gasteiger partial charge in [-0.25, -0.2) is 4.99 Å². The third kappa shape index (κ3) is 6.41. The van der Waals surface area contributed by atoms with Crippen molar-refractivity contribution in [1.29, 1.82) is 0 Å². The number of benzene rings is 1. The number of aliphatic imine (C=N–C) groups is 1. The summed E-state index contributed by atoms with van der Waals surface area (Å²) in [6.07, 6.45) is 4.08. The highest BCUT2D eigenvalue weighted by atomic mass is 127. The molecule has 2 aliphatic rings. The maximum absolute atomic E-state index is 5.47. The predicted molar refractivity (Wildman–Crippen MR) is 120 cm³/mol. The number of rotatable bonds is 8. The van der Waals surface area contributed by atoms with Gasteiger partial charge in [0.25, 0.3) is 0 Å². The Bertz CT molecular complexity index is 622. The molecule has 152 valence electrons. The number of methoxy groups -OCH3 is 2. The second-order valence-corrected chi connectivity index (χ2v) is 7.13. The van der Waals surface area contributed by atoms with Gasteiger partial charge in [0.15, 0.2) is 5.96 Å². The van der Waals surface area contributed by atoms with Crippen molar-refractivity contribution >= 4 is 29.9 Å². The molecular weight excluding hydrogens is 455 g/mol. The Morgan fingerprint density at radius 3 is 2.67 bits per heavy atom. The van der Waals surface area contributed by atoms with Gasteiger partial charge in [-0.15, -0.1) is 24.0 Å². The minimum atomic E-state index is 0. The van der Waals surface area contributed by atoms with Crippen molar-refractivity contribution in [3.8, 4) is 11.5 Å². The highest BCUT2D eigenvalue weighted by Gasteiger charge is 2.34. The number of hydrogen-bond acceptors (Lipinski definition) is 4. The van der Waals surface area contributed by atoms with Crippen LogP contribution in [0.3, 0.4) is 0 Å². The molecule has 1 aromatic carbocycles. The Hall–Kier alpha value is -1.22. The fourth-order valence-electron chi connectivity index (χ4n) is 3.53. The van der Waals surface area contributed by atoms with Crippen molar-refractivity contribution < 1.29 is 9.47 Å². The van der Waals surface area contributed by atoms with E-state index in [0.717, 1.165) is 48.1 Å². The van der Waals surface area contributed by atoms with E-state index < -0.39 is 0 Å². The van der Waals surface area contributed by atoms with E-state index in [1.807, 2.05) is 18.2 Å². The number of ether oxygens (including phenoxy) is 2. The van der Waals surface area contributed by atoms with Crippen LogP contribution in [0.5, 0.6) is 11.5 Å². The highest BCUT2D eigenvalue weighted by Crippen LogP contribution is 2.31. The normalized spacial score (nSPS) is 20.1. The van der Waals surface area contributed by atoms with Gasteiger partial charge in [-0.1, -0.05) is 0 Å². The molecule has 27 heavy (non-hydrogen) atoms. The molecule has 1 heterocycles. The number of guanidine groups is 1. The van der Waals surface area contributed by atoms with Gasteiger partial charge in [0.2, 0.25) is 0 Å². The summed E-state index contributed by atoms with van der Waals surface area (Å²) < 4.78 is 10.7. The lowest BCUT2D eigenvalue weighted by atomic mass is 10.1. The van der Waals surface area contributed by atoms with Crippen LogP contribution in [0.15, 0.2) is 23.2 Å². The topological polar surface area (TPSA) is 58.1 Å². The molecule has 1 aliphatic heterocycles. The van der Waals surface area contributed by atoms with Crippen LogP contribution in [0.4, 0.5) is 0 Å². The van der Waals surface area contributed by atoms with E-state index in [2.05, 4.69) is 22.5 Å². The predicted octanol–water partition coefficient (Wildman–Crippen LogP) is 2.86. The van der Waals surface area contributed by atoms with Crippen LogP contribution >= 0.6 is 24.0 Å². The fraction of sp³-hybridized carbons (Fsp3) is 0.650. The van der Waals surface area contributed by atoms with Crippen molar-refractivity contribution in [3.05, 3.63) is 23.8 Å². The lowest BCUT2D eigenvalue weighted by Crippen LogP contribution is -2.40. The van der Waals surface area contributed by atoms with Crippen LogP contribution in [0.2, 0.25) is 0 Å². The van der Waals surface area contributed by atoms with Crippen LogP contribution in [-0.2, 0) is 6.54 Å². The number of hydrogen-bond donors (Lipinski definition) is 2. The minimum Gasteiger partial charge on any atom is -0.497 e. The summed E-state index contributed by atoms with van der Waals surface area (Å²) in [7, 11) is 3.34. The van der Waals surface area contributed by atoms with E-state index in [-0.39, 0.29) is 24.0 Å². The first-order valence-corrected chi connectivity index (χ1v) is 9.70. The van der Waals surface area contributed by atoms with Crippen LogP contribution in [-0.4, -0.2) is 57.3 Å². The highest BCUT2D eigenvalue weighted by molar-refractivity contribution is 14.0. The minimum absolute atomic E-state index is 0. The molecule has 1 unspecified atom stereocenters. The van der Waals surface area contributed by atoms with Gasteiger partial charge in [0.1, 0.15) is 11.5 Å². The summed E-state index contributed by atoms with van der Waals surface area (Å²) in [5.41, 5.74) is 1.05. The number of nitrogens with one attached hydrogen (secondary N) is 2. The Labute approximate surface area is 180 Å². The molecule has 6 nitrogen and oxygen atoms in total. The first kappa shape index (κ1) is 22.1. The lowest BCUT2D eigenvalue weighted by Gasteiger charge is -2.17. The zero-order chi connectivity index (χ0) is 18.4.